The summed E-state index contributed by atoms with van der Waals surface area (Å²) < 4.78 is 13.4. The summed E-state index contributed by atoms with van der Waals surface area (Å²) in [4.78, 5) is 30.9. The molecule has 162 valence electrons. The van der Waals surface area contributed by atoms with E-state index in [1.807, 2.05) is 0 Å². The van der Waals surface area contributed by atoms with E-state index >= 15 is 0 Å². The minimum Gasteiger partial charge on any atom is -0.497 e. The van der Waals surface area contributed by atoms with E-state index in [2.05, 4.69) is 15.3 Å². The Hall–Kier alpha value is -3.31. The van der Waals surface area contributed by atoms with Gasteiger partial charge in [-0.3, -0.25) is 14.3 Å². The van der Waals surface area contributed by atoms with Crippen molar-refractivity contribution >= 4 is 17.1 Å². The zero-order chi connectivity index (χ0) is 21.7. The van der Waals surface area contributed by atoms with Gasteiger partial charge in [0.15, 0.2) is 11.2 Å². The van der Waals surface area contributed by atoms with Gasteiger partial charge in [0.05, 0.1) is 13.7 Å². The largest absolute Gasteiger partial charge is 0.497 e. The van der Waals surface area contributed by atoms with Gasteiger partial charge in [0.2, 0.25) is 5.95 Å². The fraction of sp³-hybridized carbons (Fsp3) is 0.421. The molecule has 0 aliphatic heterocycles. The Balaban J connectivity index is 1.83. The van der Waals surface area contributed by atoms with Gasteiger partial charge in [-0.25, -0.2) is 4.79 Å². The van der Waals surface area contributed by atoms with Crippen molar-refractivity contribution in [3.8, 4) is 11.5 Å². The van der Waals surface area contributed by atoms with Crippen LogP contribution < -0.4 is 26.0 Å². The first-order valence-corrected chi connectivity index (χ1v) is 9.43. The summed E-state index contributed by atoms with van der Waals surface area (Å²) in [6.07, 6.45) is -0.485. The molecule has 0 amide bonds. The molecular formula is C19H25N5O6. The number of fused-ring (bicyclic) bond motifs is 1. The Kier molecular flexibility index (Phi) is 6.75. The maximum absolute atomic E-state index is 12.4. The highest BCUT2D eigenvalue weighted by molar-refractivity contribution is 5.74. The maximum Gasteiger partial charge on any atom is 0.329 e. The van der Waals surface area contributed by atoms with E-state index in [4.69, 9.17) is 14.6 Å². The number of aromatic nitrogens is 4. The predicted molar refractivity (Wildman–Crippen MR) is 110 cm³/mol. The maximum atomic E-state index is 12.4. The lowest BCUT2D eigenvalue weighted by Crippen LogP contribution is -2.31. The highest BCUT2D eigenvalue weighted by Crippen LogP contribution is 2.19. The van der Waals surface area contributed by atoms with Crippen LogP contribution in [0.5, 0.6) is 11.5 Å². The van der Waals surface area contributed by atoms with Gasteiger partial charge in [0.25, 0.3) is 5.56 Å². The van der Waals surface area contributed by atoms with Gasteiger partial charge >= 0.3 is 5.69 Å². The van der Waals surface area contributed by atoms with E-state index in [0.29, 0.717) is 30.4 Å². The Morgan fingerprint density at radius 2 is 1.93 bits per heavy atom. The van der Waals surface area contributed by atoms with Gasteiger partial charge in [0, 0.05) is 20.2 Å². The molecule has 2 aromatic heterocycles. The van der Waals surface area contributed by atoms with Crippen molar-refractivity contribution < 1.29 is 19.7 Å². The number of hydrogen-bond donors (Lipinski definition) is 4. The van der Waals surface area contributed by atoms with Crippen molar-refractivity contribution in [1.82, 2.24) is 19.1 Å². The molecule has 0 radical (unpaired) electrons. The van der Waals surface area contributed by atoms with E-state index in [9.17, 15) is 14.7 Å². The molecule has 0 unspecified atom stereocenters. The highest BCUT2D eigenvalue weighted by Gasteiger charge is 2.19. The van der Waals surface area contributed by atoms with Gasteiger partial charge in [-0.2, -0.15) is 4.98 Å². The minimum absolute atomic E-state index is 0.00930. The average Bonchev–Trinajstić information content (AvgIpc) is 3.10. The number of aromatic amines is 1. The number of H-pyrrole nitrogens is 1. The first-order chi connectivity index (χ1) is 14.4. The number of rotatable bonds is 10. The van der Waals surface area contributed by atoms with Gasteiger partial charge in [-0.05, 0) is 30.7 Å². The van der Waals surface area contributed by atoms with Crippen molar-refractivity contribution in [2.24, 2.45) is 7.05 Å². The first-order valence-electron chi connectivity index (χ1n) is 9.43. The lowest BCUT2D eigenvalue weighted by atomic mass is 10.3. The van der Waals surface area contributed by atoms with Crippen LogP contribution in [-0.4, -0.2) is 62.3 Å². The van der Waals surface area contributed by atoms with Gasteiger partial charge in [0.1, 0.15) is 24.2 Å². The molecule has 0 spiro atoms. The Labute approximate surface area is 171 Å². The number of anilines is 1. The molecule has 3 rings (SSSR count). The third-order valence-corrected chi connectivity index (χ3v) is 4.52. The van der Waals surface area contributed by atoms with E-state index in [1.165, 1.54) is 16.2 Å². The molecular weight excluding hydrogens is 394 g/mol. The summed E-state index contributed by atoms with van der Waals surface area (Å²) in [5.41, 5.74) is -0.827. The van der Waals surface area contributed by atoms with Crippen molar-refractivity contribution in [3.05, 3.63) is 45.1 Å². The molecule has 0 aliphatic rings. The molecule has 2 heterocycles. The summed E-state index contributed by atoms with van der Waals surface area (Å²) in [7, 11) is 3.07. The van der Waals surface area contributed by atoms with E-state index in [1.54, 1.807) is 31.4 Å². The second kappa shape index (κ2) is 9.46. The molecule has 3 aromatic rings. The topological polar surface area (TPSA) is 144 Å². The van der Waals surface area contributed by atoms with Crippen LogP contribution in [-0.2, 0) is 13.6 Å². The molecule has 0 bridgehead atoms. The molecule has 30 heavy (non-hydrogen) atoms. The van der Waals surface area contributed by atoms with E-state index in [-0.39, 0.29) is 30.9 Å². The molecule has 0 aliphatic carbocycles. The molecule has 11 heteroatoms. The van der Waals surface area contributed by atoms with Crippen LogP contribution in [0.4, 0.5) is 5.95 Å². The summed E-state index contributed by atoms with van der Waals surface area (Å²) >= 11 is 0. The Bertz CT molecular complexity index is 1100. The quantitative estimate of drug-likeness (QED) is 0.327. The molecule has 11 nitrogen and oxygen atoms in total. The van der Waals surface area contributed by atoms with Crippen molar-refractivity contribution in [3.63, 3.8) is 0 Å². The zero-order valence-electron chi connectivity index (χ0n) is 16.8. The van der Waals surface area contributed by atoms with Crippen molar-refractivity contribution in [2.75, 3.05) is 32.2 Å². The zero-order valence-corrected chi connectivity index (χ0v) is 16.8. The molecule has 4 N–H and O–H groups in total. The number of imidazole rings is 1. The number of nitrogens with zero attached hydrogens (tertiary/aromatic N) is 3. The third kappa shape index (κ3) is 4.63. The Morgan fingerprint density at radius 3 is 2.60 bits per heavy atom. The third-order valence-electron chi connectivity index (χ3n) is 4.52. The fourth-order valence-corrected chi connectivity index (χ4v) is 2.95. The first kappa shape index (κ1) is 21.4. The molecule has 0 saturated heterocycles. The standard InChI is InChI=1S/C19H25N5O6/c1-23-16-15(17(27)22-19(23)28)24(18(21-16)20-8-3-9-25)10-12(26)11-30-14-6-4-13(29-2)5-7-14/h4-7,12,25-26H,3,8-11H2,1-2H3,(H,20,21)(H,22,27,28)/t12-/m1/s1. The lowest BCUT2D eigenvalue weighted by Gasteiger charge is -2.16. The lowest BCUT2D eigenvalue weighted by molar-refractivity contribution is 0.0938. The number of aryl methyl sites for hydroxylation is 1. The van der Waals surface area contributed by atoms with Crippen molar-refractivity contribution in [1.29, 1.82) is 0 Å². The number of methoxy groups -OCH3 is 1. The molecule has 0 fully saturated rings. The van der Waals surface area contributed by atoms with Crippen molar-refractivity contribution in [2.45, 2.75) is 19.1 Å². The number of ether oxygens (including phenoxy) is 2. The van der Waals surface area contributed by atoms with Crippen LogP contribution in [0.2, 0.25) is 0 Å². The van der Waals surface area contributed by atoms with Gasteiger partial charge in [-0.15, -0.1) is 0 Å². The van der Waals surface area contributed by atoms with Crippen LogP contribution in [0, 0.1) is 0 Å². The molecule has 1 atom stereocenters. The van der Waals surface area contributed by atoms with Crippen LogP contribution in [0.25, 0.3) is 11.2 Å². The number of benzene rings is 1. The van der Waals surface area contributed by atoms with E-state index < -0.39 is 17.4 Å². The number of aliphatic hydroxyl groups is 2. The van der Waals surface area contributed by atoms with Crippen LogP contribution >= 0.6 is 0 Å². The second-order valence-corrected chi connectivity index (χ2v) is 6.68. The molecule has 0 saturated carbocycles. The smallest absolute Gasteiger partial charge is 0.329 e. The second-order valence-electron chi connectivity index (χ2n) is 6.68. The van der Waals surface area contributed by atoms with Crippen LogP contribution in [0.15, 0.2) is 33.9 Å². The van der Waals surface area contributed by atoms with Crippen LogP contribution in [0.3, 0.4) is 0 Å². The fourth-order valence-electron chi connectivity index (χ4n) is 2.95. The summed E-state index contributed by atoms with van der Waals surface area (Å²) in [6, 6.07) is 6.93. The normalized spacial score (nSPS) is 12.1. The van der Waals surface area contributed by atoms with Gasteiger partial charge in [-0.1, -0.05) is 0 Å². The SMILES string of the molecule is COc1ccc(OC[C@H](O)Cn2c(NCCCO)nc3c2c(=O)[nH]c(=O)n3C)cc1. The average molecular weight is 419 g/mol. The summed E-state index contributed by atoms with van der Waals surface area (Å²) in [5, 5.41) is 22.5. The molecule has 1 aromatic carbocycles. The highest BCUT2D eigenvalue weighted by atomic mass is 16.5. The Morgan fingerprint density at radius 1 is 1.23 bits per heavy atom. The van der Waals surface area contributed by atoms with Crippen LogP contribution in [0.1, 0.15) is 6.42 Å². The minimum atomic E-state index is -0.959. The number of hydrogen-bond acceptors (Lipinski definition) is 8. The number of aliphatic hydroxyl groups excluding tert-OH is 2. The monoisotopic (exact) mass is 419 g/mol. The van der Waals surface area contributed by atoms with Gasteiger partial charge < -0.3 is 29.6 Å². The number of nitrogens with one attached hydrogen (secondary N) is 2. The summed E-state index contributed by atoms with van der Waals surface area (Å²) in [5.74, 6) is 1.57. The summed E-state index contributed by atoms with van der Waals surface area (Å²) in [6.45, 7) is 0.385. The van der Waals surface area contributed by atoms with E-state index in [0.717, 1.165) is 0 Å². The predicted octanol–water partition coefficient (Wildman–Crippen LogP) is -0.334.